The molecule has 18 heavy (non-hydrogen) atoms. The Morgan fingerprint density at radius 2 is 1.78 bits per heavy atom. The maximum atomic E-state index is 5.79. The summed E-state index contributed by atoms with van der Waals surface area (Å²) in [5, 5.41) is 0.794. The van der Waals surface area contributed by atoms with Crippen LogP contribution in [0.5, 0.6) is 0 Å². The van der Waals surface area contributed by atoms with Crippen molar-refractivity contribution in [1.29, 1.82) is 0 Å². The first-order chi connectivity index (χ1) is 7.50. The van der Waals surface area contributed by atoms with Gasteiger partial charge in [-0.15, -0.1) is 0 Å². The largest absolute Gasteiger partial charge is 2.00 e. The zero-order valence-corrected chi connectivity index (χ0v) is 15.2. The van der Waals surface area contributed by atoms with Gasteiger partial charge in [0, 0.05) is 11.6 Å². The van der Waals surface area contributed by atoms with Gasteiger partial charge in [0.05, 0.1) is 6.10 Å². The van der Waals surface area contributed by atoms with Crippen LogP contribution in [-0.2, 0) is 4.74 Å². The van der Waals surface area contributed by atoms with Crippen LogP contribution in [0, 0.1) is 20.8 Å². The predicted octanol–water partition coefficient (Wildman–Crippen LogP) is 0.948. The average molecular weight is 344 g/mol. The van der Waals surface area contributed by atoms with Crippen LogP contribution in [-0.4, -0.2) is 35.8 Å². The second-order valence-corrected chi connectivity index (χ2v) is 4.78. The fourth-order valence-corrected chi connectivity index (χ4v) is 2.01. The second-order valence-electron chi connectivity index (χ2n) is 4.34. The summed E-state index contributed by atoms with van der Waals surface area (Å²) in [6.45, 7) is 11.0. The molecular weight excluding hydrogens is 324 g/mol. The molecule has 98 valence electrons. The van der Waals surface area contributed by atoms with Gasteiger partial charge in [-0.2, -0.15) is 23.6 Å². The van der Waals surface area contributed by atoms with Crippen LogP contribution in [0.2, 0.25) is 5.02 Å². The van der Waals surface area contributed by atoms with Gasteiger partial charge in [-0.1, -0.05) is 37.6 Å². The molecule has 0 amide bonds. The van der Waals surface area contributed by atoms with Gasteiger partial charge < -0.3 is 21.7 Å². The number of halogens is 2. The first-order valence-corrected chi connectivity index (χ1v) is 6.09. The molecule has 1 aliphatic heterocycles. The van der Waals surface area contributed by atoms with E-state index < -0.39 is 0 Å². The van der Waals surface area contributed by atoms with Crippen LogP contribution in [0.4, 0.5) is 0 Å². The van der Waals surface area contributed by atoms with Crippen molar-refractivity contribution in [1.82, 2.24) is 0 Å². The van der Waals surface area contributed by atoms with Gasteiger partial charge in [-0.25, -0.2) is 0 Å². The quantitative estimate of drug-likeness (QED) is 0.503. The topological polar surface area (TPSA) is 9.23 Å². The van der Waals surface area contributed by atoms with Crippen LogP contribution in [0.1, 0.15) is 36.5 Å². The molecule has 1 nitrogen and oxygen atoms in total. The smallest absolute Gasteiger partial charge is 1.00 e. The van der Waals surface area contributed by atoms with E-state index in [4.69, 9.17) is 16.3 Å². The van der Waals surface area contributed by atoms with Crippen LogP contribution >= 0.6 is 11.6 Å². The SMILES string of the molecule is CC1CCCO1.[Br-].[CH2-]c1c(C)cc(Cl)cc1C.[Mg+2]. The molecule has 4 heteroatoms. The Hall–Kier alpha value is 0.586. The molecule has 0 radical (unpaired) electrons. The van der Waals surface area contributed by atoms with Crippen molar-refractivity contribution in [2.45, 2.75) is 39.7 Å². The number of hydrogen-bond acceptors (Lipinski definition) is 1. The molecule has 1 unspecified atom stereocenters. The minimum Gasteiger partial charge on any atom is -1.00 e. The number of ether oxygens (including phenoxy) is 1. The van der Waals surface area contributed by atoms with Crippen LogP contribution in [0.3, 0.4) is 0 Å². The van der Waals surface area contributed by atoms with Crippen LogP contribution < -0.4 is 17.0 Å². The molecule has 1 heterocycles. The molecule has 0 saturated carbocycles. The van der Waals surface area contributed by atoms with E-state index in [-0.39, 0.29) is 40.0 Å². The first kappa shape index (κ1) is 20.9. The zero-order chi connectivity index (χ0) is 12.1. The van der Waals surface area contributed by atoms with Gasteiger partial charge >= 0.3 is 23.1 Å². The summed E-state index contributed by atoms with van der Waals surface area (Å²) in [6.07, 6.45) is 3.08. The third-order valence-corrected chi connectivity index (χ3v) is 3.04. The predicted molar refractivity (Wildman–Crippen MR) is 75.8 cm³/mol. The summed E-state index contributed by atoms with van der Waals surface area (Å²) in [5.41, 5.74) is 3.40. The molecule has 1 atom stereocenters. The normalized spacial score (nSPS) is 17.0. The molecule has 0 N–H and O–H groups in total. The van der Waals surface area contributed by atoms with Crippen molar-refractivity contribution in [3.63, 3.8) is 0 Å². The zero-order valence-electron chi connectivity index (χ0n) is 11.4. The third-order valence-electron chi connectivity index (χ3n) is 2.82. The molecule has 2 rings (SSSR count). The Morgan fingerprint density at radius 1 is 1.28 bits per heavy atom. The third kappa shape index (κ3) is 7.24. The van der Waals surface area contributed by atoms with Gasteiger partial charge in [0.15, 0.2) is 0 Å². The van der Waals surface area contributed by atoms with E-state index in [0.29, 0.717) is 6.10 Å². The Labute approximate surface area is 143 Å². The van der Waals surface area contributed by atoms with E-state index in [1.807, 2.05) is 26.0 Å². The summed E-state index contributed by atoms with van der Waals surface area (Å²) in [7, 11) is 0. The molecule has 0 aromatic heterocycles. The van der Waals surface area contributed by atoms with Gasteiger partial charge in [-0.05, 0) is 19.8 Å². The molecule has 1 fully saturated rings. The average Bonchev–Trinajstić information content (AvgIpc) is 2.66. The van der Waals surface area contributed by atoms with Gasteiger partial charge in [0.25, 0.3) is 0 Å². The fourth-order valence-electron chi connectivity index (χ4n) is 1.68. The first-order valence-electron chi connectivity index (χ1n) is 5.71. The van der Waals surface area contributed by atoms with Crippen molar-refractivity contribution >= 4 is 34.7 Å². The monoisotopic (exact) mass is 342 g/mol. The van der Waals surface area contributed by atoms with E-state index in [2.05, 4.69) is 13.8 Å². The summed E-state index contributed by atoms with van der Waals surface area (Å²) in [4.78, 5) is 0. The Morgan fingerprint density at radius 3 is 2.06 bits per heavy atom. The van der Waals surface area contributed by atoms with Crippen molar-refractivity contribution < 1.29 is 21.7 Å². The summed E-state index contributed by atoms with van der Waals surface area (Å²) >= 11 is 5.79. The molecule has 1 aliphatic rings. The molecule has 0 bridgehead atoms. The molecular formula is C14H20BrClMgO. The van der Waals surface area contributed by atoms with Crippen LogP contribution in [0.25, 0.3) is 0 Å². The summed E-state index contributed by atoms with van der Waals surface area (Å²) in [5.74, 6) is 0. The van der Waals surface area contributed by atoms with Crippen molar-refractivity contribution in [2.75, 3.05) is 6.61 Å². The van der Waals surface area contributed by atoms with E-state index in [1.165, 1.54) is 12.8 Å². The Kier molecular flexibility index (Phi) is 12.1. The minimum absolute atomic E-state index is 0. The molecule has 1 aromatic carbocycles. The number of rotatable bonds is 0. The fraction of sp³-hybridized carbons (Fsp3) is 0.500. The van der Waals surface area contributed by atoms with Crippen molar-refractivity contribution in [2.24, 2.45) is 0 Å². The summed E-state index contributed by atoms with van der Waals surface area (Å²) < 4.78 is 5.15. The van der Waals surface area contributed by atoms with E-state index in [1.54, 1.807) is 0 Å². The summed E-state index contributed by atoms with van der Waals surface area (Å²) in [6, 6.07) is 3.85. The Bertz CT molecular complexity index is 329. The van der Waals surface area contributed by atoms with Gasteiger partial charge in [-0.3, -0.25) is 0 Å². The second kappa shape index (κ2) is 10.4. The molecule has 0 aliphatic carbocycles. The number of aryl methyl sites for hydroxylation is 2. The molecule has 1 aromatic rings. The van der Waals surface area contributed by atoms with Gasteiger partial charge in [0.1, 0.15) is 0 Å². The van der Waals surface area contributed by atoms with E-state index in [0.717, 1.165) is 28.3 Å². The van der Waals surface area contributed by atoms with Gasteiger partial charge in [0.2, 0.25) is 0 Å². The molecule has 1 saturated heterocycles. The Balaban J connectivity index is 0. The minimum atomic E-state index is 0. The van der Waals surface area contributed by atoms with E-state index in [9.17, 15) is 0 Å². The standard InChI is InChI=1S/C9H10Cl.C5H10O.BrH.Mg/c1-6-4-9(10)5-7(2)8(6)3;1-5-3-2-4-6-5;;/h4-5H,3H2,1-2H3;5H,2-4H2,1H3;1H;/q-1;;;+2/p-1. The van der Waals surface area contributed by atoms with Crippen molar-refractivity contribution in [3.8, 4) is 0 Å². The van der Waals surface area contributed by atoms with E-state index >= 15 is 0 Å². The number of benzene rings is 1. The van der Waals surface area contributed by atoms with Crippen LogP contribution in [0.15, 0.2) is 12.1 Å². The number of hydrogen-bond donors (Lipinski definition) is 0. The maximum Gasteiger partial charge on any atom is 2.00 e. The maximum absolute atomic E-state index is 5.79. The molecule has 0 spiro atoms. The van der Waals surface area contributed by atoms with Crippen molar-refractivity contribution in [3.05, 3.63) is 40.8 Å².